The molecule has 64 valence electrons. The zero-order valence-electron chi connectivity index (χ0n) is 6.30. The SMILES string of the molecule is Oc1cc(Cl)cc(C=CCCl)c1. The van der Waals surface area contributed by atoms with E-state index in [1.54, 1.807) is 24.3 Å². The smallest absolute Gasteiger partial charge is 0.117 e. The van der Waals surface area contributed by atoms with Gasteiger partial charge in [0.1, 0.15) is 5.75 Å². The molecule has 0 aliphatic heterocycles. The quantitative estimate of drug-likeness (QED) is 0.731. The van der Waals surface area contributed by atoms with E-state index in [9.17, 15) is 0 Å². The van der Waals surface area contributed by atoms with E-state index in [1.807, 2.05) is 0 Å². The average Bonchev–Trinajstić information content (AvgIpc) is 1.99. The van der Waals surface area contributed by atoms with Gasteiger partial charge in [-0.1, -0.05) is 23.8 Å². The van der Waals surface area contributed by atoms with Crippen molar-refractivity contribution in [1.29, 1.82) is 0 Å². The van der Waals surface area contributed by atoms with Gasteiger partial charge in [-0.25, -0.2) is 0 Å². The van der Waals surface area contributed by atoms with Gasteiger partial charge in [0.05, 0.1) is 0 Å². The van der Waals surface area contributed by atoms with E-state index in [2.05, 4.69) is 0 Å². The van der Waals surface area contributed by atoms with E-state index >= 15 is 0 Å². The molecule has 12 heavy (non-hydrogen) atoms. The largest absolute Gasteiger partial charge is 0.508 e. The Bertz CT molecular complexity index is 274. The molecule has 1 nitrogen and oxygen atoms in total. The highest BCUT2D eigenvalue weighted by Gasteiger charge is 1.94. The Morgan fingerprint density at radius 1 is 1.33 bits per heavy atom. The van der Waals surface area contributed by atoms with E-state index in [-0.39, 0.29) is 5.75 Å². The number of halogens is 2. The normalized spacial score (nSPS) is 10.8. The molecule has 0 fully saturated rings. The van der Waals surface area contributed by atoms with Crippen LogP contribution in [0, 0.1) is 0 Å². The highest BCUT2D eigenvalue weighted by atomic mass is 35.5. The van der Waals surface area contributed by atoms with Crippen molar-refractivity contribution in [2.45, 2.75) is 0 Å². The van der Waals surface area contributed by atoms with Gasteiger partial charge in [-0.05, 0) is 23.8 Å². The van der Waals surface area contributed by atoms with E-state index < -0.39 is 0 Å². The molecule has 0 bridgehead atoms. The Hall–Kier alpha value is -0.660. The zero-order chi connectivity index (χ0) is 8.97. The second kappa shape index (κ2) is 4.39. The fraction of sp³-hybridized carbons (Fsp3) is 0.111. The predicted molar refractivity (Wildman–Crippen MR) is 52.9 cm³/mol. The van der Waals surface area contributed by atoms with Gasteiger partial charge >= 0.3 is 0 Å². The minimum absolute atomic E-state index is 0.164. The summed E-state index contributed by atoms with van der Waals surface area (Å²) in [7, 11) is 0. The molecule has 0 radical (unpaired) electrons. The molecule has 0 heterocycles. The molecule has 1 N–H and O–H groups in total. The van der Waals surface area contributed by atoms with Crippen molar-refractivity contribution in [2.24, 2.45) is 0 Å². The van der Waals surface area contributed by atoms with Gasteiger partial charge in [0.15, 0.2) is 0 Å². The second-order valence-electron chi connectivity index (χ2n) is 2.30. The third-order valence-corrected chi connectivity index (χ3v) is 1.70. The minimum Gasteiger partial charge on any atom is -0.508 e. The number of alkyl halides is 1. The van der Waals surface area contributed by atoms with Gasteiger partial charge in [-0.2, -0.15) is 0 Å². The first-order chi connectivity index (χ1) is 5.72. The van der Waals surface area contributed by atoms with Crippen molar-refractivity contribution < 1.29 is 5.11 Å². The summed E-state index contributed by atoms with van der Waals surface area (Å²) < 4.78 is 0. The molecule has 1 aromatic carbocycles. The summed E-state index contributed by atoms with van der Waals surface area (Å²) in [4.78, 5) is 0. The first kappa shape index (κ1) is 9.43. The van der Waals surface area contributed by atoms with Crippen molar-refractivity contribution in [1.82, 2.24) is 0 Å². The zero-order valence-corrected chi connectivity index (χ0v) is 7.81. The molecule has 3 heteroatoms. The lowest BCUT2D eigenvalue weighted by atomic mass is 10.2. The van der Waals surface area contributed by atoms with E-state index in [0.29, 0.717) is 10.9 Å². The summed E-state index contributed by atoms with van der Waals surface area (Å²) in [5.74, 6) is 0.615. The first-order valence-corrected chi connectivity index (χ1v) is 4.35. The van der Waals surface area contributed by atoms with Crippen LogP contribution in [0.25, 0.3) is 6.08 Å². The van der Waals surface area contributed by atoms with Crippen molar-refractivity contribution >= 4 is 29.3 Å². The van der Waals surface area contributed by atoms with Crippen molar-refractivity contribution in [2.75, 3.05) is 5.88 Å². The summed E-state index contributed by atoms with van der Waals surface area (Å²) in [6, 6.07) is 4.86. The van der Waals surface area contributed by atoms with Crippen molar-refractivity contribution in [3.8, 4) is 5.75 Å². The molecule has 0 aliphatic rings. The third-order valence-electron chi connectivity index (χ3n) is 1.30. The number of rotatable bonds is 2. The highest BCUT2D eigenvalue weighted by molar-refractivity contribution is 6.30. The fourth-order valence-electron chi connectivity index (χ4n) is 0.873. The van der Waals surface area contributed by atoms with Gasteiger partial charge in [-0.3, -0.25) is 0 Å². The van der Waals surface area contributed by atoms with Crippen LogP contribution in [0.15, 0.2) is 24.3 Å². The van der Waals surface area contributed by atoms with Gasteiger partial charge < -0.3 is 5.11 Å². The molecular formula is C9H8Cl2O. The van der Waals surface area contributed by atoms with Crippen LogP contribution >= 0.6 is 23.2 Å². The molecule has 0 aromatic heterocycles. The van der Waals surface area contributed by atoms with Crippen LogP contribution in [-0.2, 0) is 0 Å². The Balaban J connectivity index is 2.93. The third kappa shape index (κ3) is 2.76. The van der Waals surface area contributed by atoms with Crippen LogP contribution in [-0.4, -0.2) is 11.0 Å². The van der Waals surface area contributed by atoms with Crippen LogP contribution in [0.3, 0.4) is 0 Å². The number of allylic oxidation sites excluding steroid dienone is 1. The molecule has 0 amide bonds. The molecular weight excluding hydrogens is 195 g/mol. The standard InChI is InChI=1S/C9H8Cl2O/c10-3-1-2-7-4-8(11)6-9(12)5-7/h1-2,4-6,12H,3H2. The van der Waals surface area contributed by atoms with Crippen molar-refractivity contribution in [3.05, 3.63) is 34.9 Å². The Labute approximate surface area is 81.2 Å². The summed E-state index contributed by atoms with van der Waals surface area (Å²) in [6.07, 6.45) is 3.59. The van der Waals surface area contributed by atoms with Gasteiger partial charge in [0.25, 0.3) is 0 Å². The van der Waals surface area contributed by atoms with Crippen LogP contribution in [0.5, 0.6) is 5.75 Å². The number of hydrogen-bond donors (Lipinski definition) is 1. The maximum atomic E-state index is 9.14. The molecule has 1 aromatic rings. The molecule has 0 atom stereocenters. The van der Waals surface area contributed by atoms with Gasteiger partial charge in [-0.15, -0.1) is 11.6 Å². The minimum atomic E-state index is 0.164. The second-order valence-corrected chi connectivity index (χ2v) is 3.04. The molecule has 1 rings (SSSR count). The average molecular weight is 203 g/mol. The monoisotopic (exact) mass is 202 g/mol. The van der Waals surface area contributed by atoms with E-state index in [4.69, 9.17) is 28.3 Å². The molecule has 0 spiro atoms. The highest BCUT2D eigenvalue weighted by Crippen LogP contribution is 2.20. The lowest BCUT2D eigenvalue weighted by molar-refractivity contribution is 0.475. The van der Waals surface area contributed by atoms with E-state index in [0.717, 1.165) is 5.56 Å². The summed E-state index contributed by atoms with van der Waals surface area (Å²) >= 11 is 11.2. The molecule has 0 aliphatic carbocycles. The van der Waals surface area contributed by atoms with Crippen LogP contribution in [0.4, 0.5) is 0 Å². The lowest BCUT2D eigenvalue weighted by Crippen LogP contribution is -1.73. The lowest BCUT2D eigenvalue weighted by Gasteiger charge is -1.96. The Morgan fingerprint density at radius 3 is 2.67 bits per heavy atom. The fourth-order valence-corrected chi connectivity index (χ4v) is 1.20. The summed E-state index contributed by atoms with van der Waals surface area (Å²) in [5, 5.41) is 9.66. The topological polar surface area (TPSA) is 20.2 Å². The van der Waals surface area contributed by atoms with Crippen LogP contribution < -0.4 is 0 Å². The Kier molecular flexibility index (Phi) is 3.45. The van der Waals surface area contributed by atoms with E-state index in [1.165, 1.54) is 6.07 Å². The summed E-state index contributed by atoms with van der Waals surface area (Å²) in [6.45, 7) is 0. The number of phenolic OH excluding ortho intramolecular Hbond substituents is 1. The molecule has 0 saturated heterocycles. The predicted octanol–water partition coefficient (Wildman–Crippen LogP) is 3.30. The first-order valence-electron chi connectivity index (χ1n) is 3.44. The number of phenols is 1. The van der Waals surface area contributed by atoms with Crippen LogP contribution in [0.1, 0.15) is 5.56 Å². The maximum Gasteiger partial charge on any atom is 0.117 e. The maximum absolute atomic E-state index is 9.14. The van der Waals surface area contributed by atoms with Crippen LogP contribution in [0.2, 0.25) is 5.02 Å². The molecule has 0 unspecified atom stereocenters. The molecule has 0 saturated carbocycles. The van der Waals surface area contributed by atoms with Crippen molar-refractivity contribution in [3.63, 3.8) is 0 Å². The Morgan fingerprint density at radius 2 is 2.08 bits per heavy atom. The summed E-state index contributed by atoms with van der Waals surface area (Å²) in [5.41, 5.74) is 0.848. The van der Waals surface area contributed by atoms with Gasteiger partial charge in [0, 0.05) is 10.9 Å². The number of hydrogen-bond acceptors (Lipinski definition) is 1. The number of benzene rings is 1. The van der Waals surface area contributed by atoms with Gasteiger partial charge in [0.2, 0.25) is 0 Å². The number of aromatic hydroxyl groups is 1.